The third-order valence-corrected chi connectivity index (χ3v) is 3.70. The van der Waals surface area contributed by atoms with Gasteiger partial charge in [-0.05, 0) is 37.5 Å². The molecule has 0 atom stereocenters. The van der Waals surface area contributed by atoms with Crippen molar-refractivity contribution in [3.8, 4) is 17.6 Å². The van der Waals surface area contributed by atoms with Crippen molar-refractivity contribution in [1.29, 1.82) is 0 Å². The van der Waals surface area contributed by atoms with Crippen molar-refractivity contribution in [1.82, 2.24) is 9.97 Å². The van der Waals surface area contributed by atoms with Crippen LogP contribution in [-0.4, -0.2) is 30.2 Å². The van der Waals surface area contributed by atoms with E-state index < -0.39 is 0 Å². The summed E-state index contributed by atoms with van der Waals surface area (Å²) in [4.78, 5) is 11.1. The fourth-order valence-corrected chi connectivity index (χ4v) is 2.49. The van der Waals surface area contributed by atoms with Gasteiger partial charge in [0, 0.05) is 31.0 Å². The minimum Gasteiger partial charge on any atom is -0.497 e. The topological polar surface area (TPSA) is 38.2 Å². The van der Waals surface area contributed by atoms with Gasteiger partial charge in [0.15, 0.2) is 0 Å². The number of nitrogens with zero attached hydrogens (tertiary/aromatic N) is 3. The molecule has 0 spiro atoms. The molecule has 0 unspecified atom stereocenters. The van der Waals surface area contributed by atoms with E-state index in [1.54, 1.807) is 19.5 Å². The summed E-state index contributed by atoms with van der Waals surface area (Å²) in [6.07, 6.45) is 7.34. The van der Waals surface area contributed by atoms with Crippen molar-refractivity contribution >= 4 is 5.95 Å². The van der Waals surface area contributed by atoms with E-state index in [0.717, 1.165) is 35.9 Å². The lowest BCUT2D eigenvalue weighted by atomic mass is 10.1. The van der Waals surface area contributed by atoms with Crippen molar-refractivity contribution in [2.45, 2.75) is 19.3 Å². The zero-order chi connectivity index (χ0) is 15.2. The summed E-state index contributed by atoms with van der Waals surface area (Å²) in [5.74, 6) is 7.82. The normalized spacial score (nSPS) is 14.1. The van der Waals surface area contributed by atoms with Crippen LogP contribution in [0.4, 0.5) is 5.95 Å². The van der Waals surface area contributed by atoms with Gasteiger partial charge in [0.2, 0.25) is 5.95 Å². The second-order valence-electron chi connectivity index (χ2n) is 5.30. The van der Waals surface area contributed by atoms with Crippen LogP contribution >= 0.6 is 0 Å². The van der Waals surface area contributed by atoms with E-state index in [4.69, 9.17) is 4.74 Å². The van der Waals surface area contributed by atoms with Crippen LogP contribution in [-0.2, 0) is 0 Å². The first-order chi connectivity index (χ1) is 10.8. The number of hydrogen-bond acceptors (Lipinski definition) is 4. The summed E-state index contributed by atoms with van der Waals surface area (Å²) in [7, 11) is 1.65. The van der Waals surface area contributed by atoms with Gasteiger partial charge >= 0.3 is 0 Å². The van der Waals surface area contributed by atoms with Crippen molar-refractivity contribution in [3.63, 3.8) is 0 Å². The first-order valence-electron chi connectivity index (χ1n) is 7.58. The van der Waals surface area contributed by atoms with Crippen LogP contribution in [0.25, 0.3) is 0 Å². The second kappa shape index (κ2) is 6.95. The third-order valence-electron chi connectivity index (χ3n) is 3.70. The first kappa shape index (κ1) is 14.4. The van der Waals surface area contributed by atoms with Gasteiger partial charge in [0.1, 0.15) is 5.75 Å². The van der Waals surface area contributed by atoms with Gasteiger partial charge in [-0.1, -0.05) is 17.9 Å². The Morgan fingerprint density at radius 2 is 1.73 bits per heavy atom. The molecule has 0 N–H and O–H groups in total. The molecule has 0 radical (unpaired) electrons. The number of ether oxygens (including phenoxy) is 1. The molecular weight excluding hydrogens is 274 g/mol. The van der Waals surface area contributed by atoms with E-state index in [-0.39, 0.29) is 0 Å². The predicted octanol–water partition coefficient (Wildman–Crippen LogP) is 2.88. The first-order valence-corrected chi connectivity index (χ1v) is 7.58. The maximum Gasteiger partial charge on any atom is 0.225 e. The number of methoxy groups -OCH3 is 1. The molecule has 1 aliphatic heterocycles. The second-order valence-corrected chi connectivity index (χ2v) is 5.30. The molecule has 4 nitrogen and oxygen atoms in total. The van der Waals surface area contributed by atoms with Crippen LogP contribution in [0.15, 0.2) is 36.7 Å². The van der Waals surface area contributed by atoms with Gasteiger partial charge in [0.25, 0.3) is 0 Å². The van der Waals surface area contributed by atoms with E-state index in [1.807, 2.05) is 24.3 Å². The Morgan fingerprint density at radius 3 is 2.45 bits per heavy atom. The lowest BCUT2D eigenvalue weighted by Crippen LogP contribution is -2.30. The lowest BCUT2D eigenvalue weighted by molar-refractivity contribution is 0.414. The monoisotopic (exact) mass is 293 g/mol. The highest BCUT2D eigenvalue weighted by molar-refractivity contribution is 5.45. The summed E-state index contributed by atoms with van der Waals surface area (Å²) in [6, 6.07) is 7.70. The van der Waals surface area contributed by atoms with Gasteiger partial charge in [0.05, 0.1) is 12.7 Å². The maximum atomic E-state index is 5.19. The highest BCUT2D eigenvalue weighted by Gasteiger charge is 2.12. The lowest BCUT2D eigenvalue weighted by Gasteiger charge is -2.26. The van der Waals surface area contributed by atoms with Crippen LogP contribution in [0, 0.1) is 11.8 Å². The summed E-state index contributed by atoms with van der Waals surface area (Å²) in [6.45, 7) is 2.10. The predicted molar refractivity (Wildman–Crippen MR) is 87.1 cm³/mol. The van der Waals surface area contributed by atoms with Crippen LogP contribution in [0.1, 0.15) is 30.4 Å². The van der Waals surface area contributed by atoms with Crippen molar-refractivity contribution < 1.29 is 4.74 Å². The molecule has 0 amide bonds. The molecule has 0 saturated carbocycles. The Labute approximate surface area is 131 Å². The summed E-state index contributed by atoms with van der Waals surface area (Å²) in [5, 5.41) is 0. The Hall–Kier alpha value is -2.54. The molecule has 2 heterocycles. The molecule has 1 aromatic heterocycles. The molecule has 2 aromatic rings. The van der Waals surface area contributed by atoms with Crippen LogP contribution in [0.5, 0.6) is 5.75 Å². The van der Waals surface area contributed by atoms with E-state index in [0.29, 0.717) is 0 Å². The molecule has 0 bridgehead atoms. The number of anilines is 1. The van der Waals surface area contributed by atoms with Crippen molar-refractivity contribution in [3.05, 3.63) is 47.8 Å². The molecule has 1 aromatic carbocycles. The van der Waals surface area contributed by atoms with Crippen LogP contribution in [0.3, 0.4) is 0 Å². The Bertz CT molecular complexity index is 679. The van der Waals surface area contributed by atoms with Gasteiger partial charge in [-0.15, -0.1) is 0 Å². The van der Waals surface area contributed by atoms with Gasteiger partial charge in [-0.3, -0.25) is 0 Å². The number of hydrogen-bond donors (Lipinski definition) is 0. The zero-order valence-electron chi connectivity index (χ0n) is 12.7. The van der Waals surface area contributed by atoms with E-state index in [9.17, 15) is 0 Å². The quantitative estimate of drug-likeness (QED) is 0.798. The molecule has 1 aliphatic rings. The smallest absolute Gasteiger partial charge is 0.225 e. The van der Waals surface area contributed by atoms with Gasteiger partial charge in [-0.25, -0.2) is 9.97 Å². The average molecular weight is 293 g/mol. The Morgan fingerprint density at radius 1 is 1.00 bits per heavy atom. The van der Waals surface area contributed by atoms with Gasteiger partial charge in [-0.2, -0.15) is 0 Å². The number of benzene rings is 1. The number of rotatable bonds is 2. The highest BCUT2D eigenvalue weighted by Crippen LogP contribution is 2.15. The van der Waals surface area contributed by atoms with Crippen molar-refractivity contribution in [2.24, 2.45) is 0 Å². The minimum atomic E-state index is 0.809. The average Bonchev–Trinajstić information content (AvgIpc) is 2.61. The van der Waals surface area contributed by atoms with Crippen LogP contribution < -0.4 is 9.64 Å². The van der Waals surface area contributed by atoms with Crippen molar-refractivity contribution in [2.75, 3.05) is 25.1 Å². The molecule has 4 heteroatoms. The van der Waals surface area contributed by atoms with Crippen LogP contribution in [0.2, 0.25) is 0 Å². The molecule has 1 fully saturated rings. The summed E-state index contributed by atoms with van der Waals surface area (Å²) < 4.78 is 5.19. The maximum absolute atomic E-state index is 5.19. The minimum absolute atomic E-state index is 0.809. The fourth-order valence-electron chi connectivity index (χ4n) is 2.49. The fraction of sp³-hybridized carbons (Fsp3) is 0.333. The number of piperidine rings is 1. The molecule has 3 rings (SSSR count). The van der Waals surface area contributed by atoms with E-state index in [1.165, 1.54) is 19.3 Å². The number of aromatic nitrogens is 2. The Kier molecular flexibility index (Phi) is 4.55. The molecule has 0 aliphatic carbocycles. The summed E-state index contributed by atoms with van der Waals surface area (Å²) in [5.41, 5.74) is 1.74. The van der Waals surface area contributed by atoms with E-state index in [2.05, 4.69) is 26.7 Å². The molecule has 1 saturated heterocycles. The molecule has 22 heavy (non-hydrogen) atoms. The standard InChI is InChI=1S/C18H19N3O/c1-22-17-7-5-6-15(12-17)8-9-16-13-19-18(20-14-16)21-10-3-2-4-11-21/h5-7,12-14H,2-4,10-11H2,1H3. The molecular formula is C18H19N3O. The zero-order valence-corrected chi connectivity index (χ0v) is 12.7. The third kappa shape index (κ3) is 3.56. The SMILES string of the molecule is COc1cccc(C#Cc2cnc(N3CCCCC3)nc2)c1. The highest BCUT2D eigenvalue weighted by atomic mass is 16.5. The summed E-state index contributed by atoms with van der Waals surface area (Å²) >= 11 is 0. The Balaban J connectivity index is 1.72. The van der Waals surface area contributed by atoms with E-state index >= 15 is 0 Å². The molecule has 112 valence electrons. The van der Waals surface area contributed by atoms with Gasteiger partial charge < -0.3 is 9.64 Å². The largest absolute Gasteiger partial charge is 0.497 e.